The van der Waals surface area contributed by atoms with Gasteiger partial charge < -0.3 is 9.84 Å². The highest BCUT2D eigenvalue weighted by molar-refractivity contribution is 6.04. The Balaban J connectivity index is 1.82. The molecule has 0 unspecified atom stereocenters. The fourth-order valence-corrected chi connectivity index (χ4v) is 7.40. The van der Waals surface area contributed by atoms with E-state index in [1.165, 1.54) is 13.0 Å². The molecular formula is C23H30F2O4. The van der Waals surface area contributed by atoms with Gasteiger partial charge >= 0.3 is 5.97 Å². The van der Waals surface area contributed by atoms with Gasteiger partial charge in [0.05, 0.1) is 6.10 Å². The van der Waals surface area contributed by atoms with Gasteiger partial charge in [0.15, 0.2) is 11.5 Å². The van der Waals surface area contributed by atoms with E-state index in [0.29, 0.717) is 25.7 Å². The van der Waals surface area contributed by atoms with Crippen LogP contribution in [-0.2, 0) is 14.3 Å². The zero-order valence-corrected chi connectivity index (χ0v) is 17.5. The molecule has 0 bridgehead atoms. The largest absolute Gasteiger partial charge is 0.462 e. The number of esters is 1. The van der Waals surface area contributed by atoms with Crippen LogP contribution in [0.25, 0.3) is 0 Å². The molecule has 6 heteroatoms. The van der Waals surface area contributed by atoms with E-state index in [1.807, 2.05) is 13.8 Å². The molecule has 0 radical (unpaired) electrons. The van der Waals surface area contributed by atoms with Crippen molar-refractivity contribution in [1.82, 2.24) is 0 Å². The lowest BCUT2D eigenvalue weighted by Crippen LogP contribution is -2.67. The summed E-state index contributed by atoms with van der Waals surface area (Å²) in [5, 5.41) is 11.2. The molecule has 0 aliphatic heterocycles. The maximum absolute atomic E-state index is 17.0. The number of ketones is 1. The maximum atomic E-state index is 17.0. The van der Waals surface area contributed by atoms with Gasteiger partial charge in [-0.25, -0.2) is 8.78 Å². The summed E-state index contributed by atoms with van der Waals surface area (Å²) in [6, 6.07) is 0. The highest BCUT2D eigenvalue weighted by Gasteiger charge is 2.72. The molecule has 4 aliphatic rings. The van der Waals surface area contributed by atoms with Crippen molar-refractivity contribution in [3.63, 3.8) is 0 Å². The van der Waals surface area contributed by atoms with Gasteiger partial charge in [0, 0.05) is 23.7 Å². The van der Waals surface area contributed by atoms with E-state index >= 15 is 4.39 Å². The molecule has 4 aliphatic carbocycles. The molecule has 3 saturated carbocycles. The number of ether oxygens (including phenoxy) is 1. The quantitative estimate of drug-likeness (QED) is 0.695. The van der Waals surface area contributed by atoms with E-state index in [9.17, 15) is 19.1 Å². The summed E-state index contributed by atoms with van der Waals surface area (Å²) in [5.41, 5.74) is -3.73. The lowest BCUT2D eigenvalue weighted by molar-refractivity contribution is -0.212. The van der Waals surface area contributed by atoms with Crippen LogP contribution in [0.1, 0.15) is 59.8 Å². The number of carbonyl (C=O) groups is 2. The summed E-state index contributed by atoms with van der Waals surface area (Å²) < 4.78 is 37.3. The lowest BCUT2D eigenvalue weighted by atomic mass is 9.45. The maximum Gasteiger partial charge on any atom is 0.302 e. The van der Waals surface area contributed by atoms with Crippen molar-refractivity contribution >= 4 is 11.8 Å². The number of hydrogen-bond donors (Lipinski definition) is 1. The van der Waals surface area contributed by atoms with Crippen molar-refractivity contribution < 1.29 is 28.2 Å². The summed E-state index contributed by atoms with van der Waals surface area (Å²) in [7, 11) is 0. The average Bonchev–Trinajstić information content (AvgIpc) is 2.92. The molecule has 3 fully saturated rings. The zero-order valence-electron chi connectivity index (χ0n) is 17.5. The van der Waals surface area contributed by atoms with Crippen LogP contribution < -0.4 is 0 Å². The van der Waals surface area contributed by atoms with Crippen molar-refractivity contribution in [2.45, 2.75) is 77.7 Å². The Labute approximate surface area is 170 Å². The third-order valence-corrected chi connectivity index (χ3v) is 8.66. The molecule has 160 valence electrons. The Kier molecular flexibility index (Phi) is 4.62. The van der Waals surface area contributed by atoms with Gasteiger partial charge in [-0.1, -0.05) is 19.9 Å². The Morgan fingerprint density at radius 3 is 2.69 bits per heavy atom. The molecule has 4 nitrogen and oxygen atoms in total. The average molecular weight is 408 g/mol. The first-order valence-electron chi connectivity index (χ1n) is 10.7. The molecule has 0 saturated heterocycles. The highest BCUT2D eigenvalue weighted by atomic mass is 19.1. The van der Waals surface area contributed by atoms with Crippen LogP contribution in [0.15, 0.2) is 23.6 Å². The molecule has 8 atom stereocenters. The molecule has 0 aromatic carbocycles. The smallest absolute Gasteiger partial charge is 0.302 e. The summed E-state index contributed by atoms with van der Waals surface area (Å²) in [6.45, 7) is 7.02. The number of aliphatic hydroxyl groups is 1. The van der Waals surface area contributed by atoms with Crippen LogP contribution in [0.5, 0.6) is 0 Å². The second kappa shape index (κ2) is 6.47. The minimum Gasteiger partial charge on any atom is -0.462 e. The first-order chi connectivity index (χ1) is 13.5. The monoisotopic (exact) mass is 408 g/mol. The van der Waals surface area contributed by atoms with Crippen molar-refractivity contribution in [1.29, 1.82) is 0 Å². The topological polar surface area (TPSA) is 63.6 Å². The number of hydrogen-bond acceptors (Lipinski definition) is 4. The Bertz CT molecular complexity index is 820. The molecular weight excluding hydrogens is 378 g/mol. The van der Waals surface area contributed by atoms with Crippen LogP contribution in [0.2, 0.25) is 0 Å². The number of allylic oxidation sites excluding steroid dienone is 4. The SMILES string of the molecule is CC[C@]12C[C@H](O)[C@@]3(F)[C@@H](CCC4=C(F)C(=O)C=C[C@@]43C)[C@@H]1C[C@@H](C)[C@H]2OC(C)=O. The van der Waals surface area contributed by atoms with E-state index in [4.69, 9.17) is 4.74 Å². The van der Waals surface area contributed by atoms with Gasteiger partial charge in [-0.3, -0.25) is 9.59 Å². The van der Waals surface area contributed by atoms with E-state index in [0.717, 1.165) is 6.08 Å². The minimum atomic E-state index is -2.07. The number of carbonyl (C=O) groups excluding carboxylic acids is 2. The fraction of sp³-hybridized carbons (Fsp3) is 0.739. The lowest BCUT2D eigenvalue weighted by Gasteiger charge is -2.62. The van der Waals surface area contributed by atoms with Gasteiger partial charge in [0.2, 0.25) is 5.78 Å². The van der Waals surface area contributed by atoms with Crippen LogP contribution in [0, 0.1) is 28.6 Å². The van der Waals surface area contributed by atoms with Crippen molar-refractivity contribution in [2.24, 2.45) is 28.6 Å². The molecule has 0 heterocycles. The summed E-state index contributed by atoms with van der Waals surface area (Å²) in [6.07, 6.45) is 3.08. The minimum absolute atomic E-state index is 0.0587. The second-order valence-electron chi connectivity index (χ2n) is 9.76. The van der Waals surface area contributed by atoms with Crippen LogP contribution >= 0.6 is 0 Å². The number of aliphatic hydroxyl groups excluding tert-OH is 1. The fourth-order valence-electron chi connectivity index (χ4n) is 7.40. The van der Waals surface area contributed by atoms with E-state index < -0.39 is 40.1 Å². The van der Waals surface area contributed by atoms with Gasteiger partial charge in [0.1, 0.15) is 6.10 Å². The van der Waals surface area contributed by atoms with Gasteiger partial charge in [-0.05, 0) is 62.5 Å². The van der Waals surface area contributed by atoms with Crippen molar-refractivity contribution in [3.05, 3.63) is 23.6 Å². The number of rotatable bonds is 2. The molecule has 0 spiro atoms. The van der Waals surface area contributed by atoms with Gasteiger partial charge in [-0.2, -0.15) is 0 Å². The van der Waals surface area contributed by atoms with Crippen molar-refractivity contribution in [2.75, 3.05) is 0 Å². The third-order valence-electron chi connectivity index (χ3n) is 8.66. The summed E-state index contributed by atoms with van der Waals surface area (Å²) in [5.74, 6) is -2.47. The van der Waals surface area contributed by atoms with E-state index in [1.54, 1.807) is 6.92 Å². The summed E-state index contributed by atoms with van der Waals surface area (Å²) in [4.78, 5) is 23.6. The molecule has 0 amide bonds. The predicted octanol–water partition coefficient (Wildman–Crippen LogP) is 4.22. The van der Waals surface area contributed by atoms with E-state index in [2.05, 4.69) is 0 Å². The Morgan fingerprint density at radius 2 is 2.07 bits per heavy atom. The normalized spacial score (nSPS) is 48.8. The Hall–Kier alpha value is -1.56. The van der Waals surface area contributed by atoms with Crippen LogP contribution in [0.3, 0.4) is 0 Å². The van der Waals surface area contributed by atoms with Crippen LogP contribution in [-0.4, -0.2) is 34.7 Å². The van der Waals surface area contributed by atoms with Crippen molar-refractivity contribution in [3.8, 4) is 0 Å². The van der Waals surface area contributed by atoms with E-state index in [-0.39, 0.29) is 35.9 Å². The standard InChI is InChI=1S/C23H30F2O4/c1-5-22-11-18(28)23(25)14(16(22)10-12(2)20(22)29-13(3)26)6-7-15-19(24)17(27)8-9-21(15,23)4/h8-9,12,14,16,18,20,28H,5-7,10-11H2,1-4H3/t12-,14+,16+,18+,20-,21+,22+,23+/m1/s1. The number of halogens is 2. The second-order valence-corrected chi connectivity index (χ2v) is 9.76. The summed E-state index contributed by atoms with van der Waals surface area (Å²) >= 11 is 0. The molecule has 29 heavy (non-hydrogen) atoms. The molecule has 4 rings (SSSR count). The van der Waals surface area contributed by atoms with Gasteiger partial charge in [0.25, 0.3) is 0 Å². The van der Waals surface area contributed by atoms with Crippen LogP contribution in [0.4, 0.5) is 8.78 Å². The first kappa shape index (κ1) is 20.7. The Morgan fingerprint density at radius 1 is 1.38 bits per heavy atom. The zero-order chi connectivity index (χ0) is 21.4. The predicted molar refractivity (Wildman–Crippen MR) is 103 cm³/mol. The third kappa shape index (κ3) is 2.44. The molecule has 1 N–H and O–H groups in total. The first-order valence-corrected chi connectivity index (χ1v) is 10.7. The molecule has 0 aromatic heterocycles. The number of fused-ring (bicyclic) bond motifs is 5. The highest BCUT2D eigenvalue weighted by Crippen LogP contribution is 2.70. The number of alkyl halides is 1. The van der Waals surface area contributed by atoms with Gasteiger partial charge in [-0.15, -0.1) is 0 Å². The molecule has 0 aromatic rings.